The van der Waals surface area contributed by atoms with Crippen molar-refractivity contribution in [1.29, 1.82) is 0 Å². The first kappa shape index (κ1) is 19.6. The van der Waals surface area contributed by atoms with Crippen LogP contribution in [0, 0.1) is 0 Å². The molecule has 0 spiro atoms. The van der Waals surface area contributed by atoms with Gasteiger partial charge in [0, 0.05) is 29.9 Å². The zero-order valence-electron chi connectivity index (χ0n) is 14.4. The zero-order chi connectivity index (χ0) is 19.5. The van der Waals surface area contributed by atoms with E-state index >= 15 is 0 Å². The van der Waals surface area contributed by atoms with E-state index < -0.39 is 10.1 Å². The molecule has 4 N–H and O–H groups in total. The van der Waals surface area contributed by atoms with Gasteiger partial charge in [-0.3, -0.25) is 14.1 Å². The molecule has 0 fully saturated rings. The predicted molar refractivity (Wildman–Crippen MR) is 97.8 cm³/mol. The van der Waals surface area contributed by atoms with Gasteiger partial charge in [-0.25, -0.2) is 0 Å². The van der Waals surface area contributed by atoms with E-state index in [-0.39, 0.29) is 11.7 Å². The van der Waals surface area contributed by atoms with Crippen LogP contribution >= 0.6 is 0 Å². The Morgan fingerprint density at radius 3 is 2.65 bits per heavy atom. The fraction of sp³-hybridized carbons (Fsp3) is 0.312. The molecule has 0 atom stereocenters. The summed E-state index contributed by atoms with van der Waals surface area (Å²) in [6.07, 6.45) is 3.85. The summed E-state index contributed by atoms with van der Waals surface area (Å²) in [7, 11) is -1.84. The molecule has 2 aromatic rings. The number of aryl methyl sites for hydroxylation is 2. The molecular weight excluding hydrogens is 360 g/mol. The van der Waals surface area contributed by atoms with Crippen molar-refractivity contribution in [2.75, 3.05) is 6.26 Å². The number of nitrogens with zero attached hydrogens (tertiary/aromatic N) is 2. The van der Waals surface area contributed by atoms with Gasteiger partial charge in [-0.1, -0.05) is 12.1 Å². The summed E-state index contributed by atoms with van der Waals surface area (Å²) in [4.78, 5) is 24.5. The minimum Gasteiger partial charge on any atom is -0.339 e. The summed E-state index contributed by atoms with van der Waals surface area (Å²) in [6.45, 7) is 0. The van der Waals surface area contributed by atoms with Crippen LogP contribution in [0.2, 0.25) is 0 Å². The summed E-state index contributed by atoms with van der Waals surface area (Å²) >= 11 is 0. The molecule has 10 heteroatoms. The van der Waals surface area contributed by atoms with Crippen molar-refractivity contribution in [1.82, 2.24) is 9.88 Å². The fourth-order valence-corrected chi connectivity index (χ4v) is 3.07. The van der Waals surface area contributed by atoms with E-state index in [9.17, 15) is 18.0 Å². The number of nitrogens with one attached hydrogen (secondary N) is 1. The van der Waals surface area contributed by atoms with E-state index in [1.165, 1.54) is 0 Å². The van der Waals surface area contributed by atoms with Gasteiger partial charge in [0.05, 0.1) is 6.26 Å². The second kappa shape index (κ2) is 7.67. The third-order valence-corrected chi connectivity index (χ3v) is 3.94. The molecule has 3 rings (SSSR count). The highest BCUT2D eigenvalue weighted by atomic mass is 32.2. The molecule has 26 heavy (non-hydrogen) atoms. The van der Waals surface area contributed by atoms with Crippen molar-refractivity contribution < 1.29 is 22.6 Å². The Morgan fingerprint density at radius 1 is 1.38 bits per heavy atom. The number of aromatic nitrogens is 1. The van der Waals surface area contributed by atoms with Gasteiger partial charge < -0.3 is 15.7 Å². The maximum Gasteiger partial charge on any atom is 0.273 e. The lowest BCUT2D eigenvalue weighted by Gasteiger charge is -2.06. The van der Waals surface area contributed by atoms with Gasteiger partial charge in [-0.05, 0) is 24.5 Å². The first-order valence-electron chi connectivity index (χ1n) is 7.73. The number of Topliss-reactive ketones (excluding diaryl/α,β-unsaturated/α-hetero) is 1. The lowest BCUT2D eigenvalue weighted by atomic mass is 10.0. The molecular formula is C16H20N4O5S. The molecule has 1 heterocycles. The van der Waals surface area contributed by atoms with Crippen LogP contribution in [0.5, 0.6) is 0 Å². The highest BCUT2D eigenvalue weighted by Crippen LogP contribution is 2.33. The molecule has 1 aliphatic rings. The fourth-order valence-electron chi connectivity index (χ4n) is 3.07. The van der Waals surface area contributed by atoms with Crippen LogP contribution in [0.3, 0.4) is 0 Å². The third-order valence-electron chi connectivity index (χ3n) is 3.94. The number of hydrogen-bond donors (Lipinski definition) is 3. The van der Waals surface area contributed by atoms with Crippen LogP contribution < -0.4 is 11.2 Å². The van der Waals surface area contributed by atoms with Crippen LogP contribution in [0.4, 0.5) is 0 Å². The number of benzene rings is 1. The van der Waals surface area contributed by atoms with Crippen LogP contribution in [0.1, 0.15) is 39.3 Å². The van der Waals surface area contributed by atoms with E-state index in [0.29, 0.717) is 30.4 Å². The molecule has 0 aliphatic heterocycles. The van der Waals surface area contributed by atoms with Crippen LogP contribution in [-0.2, 0) is 23.6 Å². The third kappa shape index (κ3) is 4.27. The van der Waals surface area contributed by atoms with E-state index in [0.717, 1.165) is 29.2 Å². The Kier molecular flexibility index (Phi) is 5.78. The number of amides is 1. The summed E-state index contributed by atoms with van der Waals surface area (Å²) in [5.41, 5.74) is 3.10. The van der Waals surface area contributed by atoms with Gasteiger partial charge in [0.15, 0.2) is 5.78 Å². The molecule has 9 nitrogen and oxygen atoms in total. The van der Waals surface area contributed by atoms with E-state index in [2.05, 4.69) is 10.4 Å². The smallest absolute Gasteiger partial charge is 0.273 e. The molecule has 1 aliphatic carbocycles. The SMILES string of the molecule is CS(=O)(=O)O.Cn1c(C(=O)NC=NN)c2c3c(cccc31)C(=O)CCC2. The minimum atomic E-state index is -3.67. The number of ketones is 1. The molecule has 0 saturated heterocycles. The Bertz CT molecular complexity index is 984. The lowest BCUT2D eigenvalue weighted by molar-refractivity contribution is 0.0967. The highest BCUT2D eigenvalue weighted by Gasteiger charge is 2.26. The normalized spacial score (nSPS) is 14.0. The predicted octanol–water partition coefficient (Wildman–Crippen LogP) is 0.833. The van der Waals surface area contributed by atoms with Gasteiger partial charge in [0.2, 0.25) is 0 Å². The molecule has 0 unspecified atom stereocenters. The standard InChI is InChI=1S/C15H16N4O2.CH4O3S/c1-19-11-6-2-4-9-12(20)7-3-5-10(13(9)11)14(19)15(21)17-8-18-16;1-5(2,3)4/h2,4,6,8H,3,5,7,16H2,1H3,(H,17,18,21);1H3,(H,2,3,4). The topological polar surface area (TPSA) is 144 Å². The Balaban J connectivity index is 0.000000431. The molecule has 140 valence electrons. The maximum absolute atomic E-state index is 12.3. The minimum absolute atomic E-state index is 0.139. The van der Waals surface area contributed by atoms with E-state index in [1.807, 2.05) is 29.8 Å². The number of hydrazone groups is 1. The molecule has 0 saturated carbocycles. The average molecular weight is 380 g/mol. The largest absolute Gasteiger partial charge is 0.339 e. The zero-order valence-corrected chi connectivity index (χ0v) is 15.2. The van der Waals surface area contributed by atoms with Crippen molar-refractivity contribution in [3.63, 3.8) is 0 Å². The van der Waals surface area contributed by atoms with Gasteiger partial charge in [0.25, 0.3) is 16.0 Å². The molecule has 1 aromatic heterocycles. The summed E-state index contributed by atoms with van der Waals surface area (Å²) in [5.74, 6) is 4.89. The van der Waals surface area contributed by atoms with Crippen molar-refractivity contribution >= 4 is 39.1 Å². The summed E-state index contributed by atoms with van der Waals surface area (Å²) in [6, 6.07) is 5.62. The van der Waals surface area contributed by atoms with Gasteiger partial charge in [0.1, 0.15) is 12.0 Å². The van der Waals surface area contributed by atoms with Gasteiger partial charge in [-0.15, -0.1) is 0 Å². The number of nitrogens with two attached hydrogens (primary N) is 1. The van der Waals surface area contributed by atoms with Crippen molar-refractivity contribution in [3.05, 3.63) is 35.0 Å². The Hall–Kier alpha value is -2.72. The Morgan fingerprint density at radius 2 is 2.04 bits per heavy atom. The first-order valence-corrected chi connectivity index (χ1v) is 9.58. The van der Waals surface area contributed by atoms with Gasteiger partial charge in [-0.2, -0.15) is 13.5 Å². The van der Waals surface area contributed by atoms with Crippen LogP contribution in [0.15, 0.2) is 23.3 Å². The molecule has 1 aromatic carbocycles. The molecule has 0 radical (unpaired) electrons. The lowest BCUT2D eigenvalue weighted by Crippen LogP contribution is -2.25. The summed E-state index contributed by atoms with van der Waals surface area (Å²) in [5, 5.41) is 6.72. The van der Waals surface area contributed by atoms with Crippen molar-refractivity contribution in [2.45, 2.75) is 19.3 Å². The van der Waals surface area contributed by atoms with E-state index in [4.69, 9.17) is 10.4 Å². The average Bonchev–Trinajstić information content (AvgIpc) is 2.72. The number of rotatable bonds is 2. The van der Waals surface area contributed by atoms with Crippen molar-refractivity contribution in [3.8, 4) is 0 Å². The summed E-state index contributed by atoms with van der Waals surface area (Å²) < 4.78 is 27.7. The molecule has 0 bridgehead atoms. The van der Waals surface area contributed by atoms with Crippen LogP contribution in [0.25, 0.3) is 10.9 Å². The Labute approximate surface area is 150 Å². The second-order valence-electron chi connectivity index (χ2n) is 5.85. The second-order valence-corrected chi connectivity index (χ2v) is 7.31. The number of carbonyl (C=O) groups is 2. The monoisotopic (exact) mass is 380 g/mol. The number of carbonyl (C=O) groups excluding carboxylic acids is 2. The van der Waals surface area contributed by atoms with Crippen LogP contribution in [-0.4, -0.2) is 41.8 Å². The van der Waals surface area contributed by atoms with Gasteiger partial charge >= 0.3 is 0 Å². The number of hydrogen-bond acceptors (Lipinski definition) is 6. The quantitative estimate of drug-likeness (QED) is 0.231. The first-order chi connectivity index (χ1) is 12.1. The molecule has 1 amide bonds. The van der Waals surface area contributed by atoms with E-state index in [1.54, 1.807) is 0 Å². The maximum atomic E-state index is 12.3. The highest BCUT2D eigenvalue weighted by molar-refractivity contribution is 7.85. The van der Waals surface area contributed by atoms with Crippen molar-refractivity contribution in [2.24, 2.45) is 18.0 Å².